The van der Waals surface area contributed by atoms with E-state index in [0.29, 0.717) is 6.04 Å². The van der Waals surface area contributed by atoms with E-state index >= 15 is 0 Å². The third-order valence-electron chi connectivity index (χ3n) is 2.68. The first-order valence-electron chi connectivity index (χ1n) is 5.25. The molecule has 1 aliphatic rings. The molecule has 1 N–H and O–H groups in total. The van der Waals surface area contributed by atoms with Crippen molar-refractivity contribution in [2.45, 2.75) is 13.0 Å². The van der Waals surface area contributed by atoms with E-state index in [1.807, 2.05) is 23.9 Å². The molecule has 0 unspecified atom stereocenters. The van der Waals surface area contributed by atoms with E-state index in [1.165, 1.54) is 0 Å². The Kier molecular flexibility index (Phi) is 2.14. The fourth-order valence-electron chi connectivity index (χ4n) is 1.63. The quantitative estimate of drug-likeness (QED) is 0.776. The van der Waals surface area contributed by atoms with E-state index in [0.717, 1.165) is 30.3 Å². The van der Waals surface area contributed by atoms with Crippen LogP contribution in [0.5, 0.6) is 0 Å². The lowest BCUT2D eigenvalue weighted by Crippen LogP contribution is -2.43. The normalized spacial score (nSPS) is 16.1. The van der Waals surface area contributed by atoms with Gasteiger partial charge in [-0.15, -0.1) is 5.10 Å². The van der Waals surface area contributed by atoms with Crippen LogP contribution in [0, 0.1) is 6.92 Å². The second-order valence-electron chi connectivity index (χ2n) is 3.88. The number of nitrogens with one attached hydrogen (secondary N) is 1. The van der Waals surface area contributed by atoms with Crippen molar-refractivity contribution in [3.8, 4) is 11.4 Å². The fraction of sp³-hybridized carbons (Fsp3) is 0.400. The van der Waals surface area contributed by atoms with Gasteiger partial charge in [-0.2, -0.15) is 0 Å². The molecule has 16 heavy (non-hydrogen) atoms. The van der Waals surface area contributed by atoms with Crippen molar-refractivity contribution >= 4 is 0 Å². The van der Waals surface area contributed by atoms with Crippen molar-refractivity contribution in [3.05, 3.63) is 24.3 Å². The average molecular weight is 216 g/mol. The van der Waals surface area contributed by atoms with Gasteiger partial charge in [0.15, 0.2) is 0 Å². The standard InChI is InChI=1S/C10H12N6/c1-7-12-3-2-9(13-7)10-6-16(15-14-10)8-4-11-5-8/h2-3,6,8,11H,4-5H2,1H3. The summed E-state index contributed by atoms with van der Waals surface area (Å²) < 4.78 is 1.89. The van der Waals surface area contributed by atoms with E-state index in [4.69, 9.17) is 0 Å². The number of nitrogens with zero attached hydrogens (tertiary/aromatic N) is 5. The van der Waals surface area contributed by atoms with Gasteiger partial charge in [-0.3, -0.25) is 0 Å². The summed E-state index contributed by atoms with van der Waals surface area (Å²) >= 11 is 0. The van der Waals surface area contributed by atoms with Gasteiger partial charge in [0.25, 0.3) is 0 Å². The number of hydrogen-bond donors (Lipinski definition) is 1. The van der Waals surface area contributed by atoms with E-state index < -0.39 is 0 Å². The Bertz CT molecular complexity index is 502. The molecule has 0 radical (unpaired) electrons. The maximum absolute atomic E-state index is 4.32. The highest BCUT2D eigenvalue weighted by Crippen LogP contribution is 2.16. The minimum absolute atomic E-state index is 0.434. The molecule has 0 aromatic carbocycles. The fourth-order valence-corrected chi connectivity index (χ4v) is 1.63. The molecule has 0 amide bonds. The molecule has 1 saturated heterocycles. The minimum atomic E-state index is 0.434. The summed E-state index contributed by atoms with van der Waals surface area (Å²) in [7, 11) is 0. The van der Waals surface area contributed by atoms with Crippen molar-refractivity contribution in [2.24, 2.45) is 0 Å². The summed E-state index contributed by atoms with van der Waals surface area (Å²) in [5.41, 5.74) is 1.63. The molecule has 2 aromatic heterocycles. The molecule has 0 bridgehead atoms. The first-order chi connectivity index (χ1) is 7.83. The lowest BCUT2D eigenvalue weighted by Gasteiger charge is -2.26. The van der Waals surface area contributed by atoms with Crippen LogP contribution in [0.2, 0.25) is 0 Å². The molecular weight excluding hydrogens is 204 g/mol. The van der Waals surface area contributed by atoms with Gasteiger partial charge in [-0.25, -0.2) is 14.6 Å². The molecule has 0 aliphatic carbocycles. The lowest BCUT2D eigenvalue weighted by atomic mass is 10.2. The van der Waals surface area contributed by atoms with Gasteiger partial charge in [0.2, 0.25) is 0 Å². The Labute approximate surface area is 92.7 Å². The SMILES string of the molecule is Cc1nccc(-c2cn(C3CNC3)nn2)n1. The lowest BCUT2D eigenvalue weighted by molar-refractivity contribution is 0.313. The van der Waals surface area contributed by atoms with Crippen LogP contribution in [-0.4, -0.2) is 38.1 Å². The van der Waals surface area contributed by atoms with Crippen LogP contribution in [0.1, 0.15) is 11.9 Å². The van der Waals surface area contributed by atoms with Gasteiger partial charge in [0, 0.05) is 19.3 Å². The first-order valence-corrected chi connectivity index (χ1v) is 5.25. The molecule has 3 heterocycles. The van der Waals surface area contributed by atoms with Crippen molar-refractivity contribution in [1.82, 2.24) is 30.3 Å². The molecule has 0 spiro atoms. The molecule has 6 nitrogen and oxygen atoms in total. The van der Waals surface area contributed by atoms with Crippen LogP contribution in [0.3, 0.4) is 0 Å². The third kappa shape index (κ3) is 1.57. The Morgan fingerprint density at radius 1 is 1.38 bits per heavy atom. The van der Waals surface area contributed by atoms with Gasteiger partial charge in [-0.05, 0) is 13.0 Å². The largest absolute Gasteiger partial charge is 0.312 e. The van der Waals surface area contributed by atoms with Gasteiger partial charge in [0.05, 0.1) is 17.9 Å². The van der Waals surface area contributed by atoms with E-state index in [-0.39, 0.29) is 0 Å². The number of hydrogen-bond acceptors (Lipinski definition) is 5. The van der Waals surface area contributed by atoms with Crippen LogP contribution in [0.25, 0.3) is 11.4 Å². The van der Waals surface area contributed by atoms with Crippen LogP contribution < -0.4 is 5.32 Å². The molecule has 1 aliphatic heterocycles. The minimum Gasteiger partial charge on any atom is -0.312 e. The van der Waals surface area contributed by atoms with Crippen LogP contribution in [0.4, 0.5) is 0 Å². The molecular formula is C10H12N6. The first kappa shape index (κ1) is 9.41. The maximum Gasteiger partial charge on any atom is 0.131 e. The topological polar surface area (TPSA) is 68.5 Å². The predicted octanol–water partition coefficient (Wildman–Crippen LogP) is 0.188. The zero-order chi connectivity index (χ0) is 11.0. The second kappa shape index (κ2) is 3.64. The number of aromatic nitrogens is 5. The van der Waals surface area contributed by atoms with Gasteiger partial charge in [0.1, 0.15) is 11.5 Å². The average Bonchev–Trinajstić information content (AvgIpc) is 2.64. The summed E-state index contributed by atoms with van der Waals surface area (Å²) in [6.07, 6.45) is 3.68. The smallest absolute Gasteiger partial charge is 0.131 e. The summed E-state index contributed by atoms with van der Waals surface area (Å²) in [5, 5.41) is 11.4. The Hall–Kier alpha value is -1.82. The second-order valence-corrected chi connectivity index (χ2v) is 3.88. The van der Waals surface area contributed by atoms with Crippen molar-refractivity contribution in [2.75, 3.05) is 13.1 Å². The molecule has 82 valence electrons. The zero-order valence-electron chi connectivity index (χ0n) is 8.96. The van der Waals surface area contributed by atoms with Crippen LogP contribution in [-0.2, 0) is 0 Å². The Morgan fingerprint density at radius 3 is 2.94 bits per heavy atom. The molecule has 1 fully saturated rings. The van der Waals surface area contributed by atoms with Crippen molar-refractivity contribution in [3.63, 3.8) is 0 Å². The Balaban J connectivity index is 1.91. The van der Waals surface area contributed by atoms with Gasteiger partial charge < -0.3 is 5.32 Å². The van der Waals surface area contributed by atoms with Crippen molar-refractivity contribution in [1.29, 1.82) is 0 Å². The Morgan fingerprint density at radius 2 is 2.25 bits per heavy atom. The predicted molar refractivity (Wildman–Crippen MR) is 57.7 cm³/mol. The molecule has 0 atom stereocenters. The molecule has 6 heteroatoms. The highest BCUT2D eigenvalue weighted by molar-refractivity contribution is 5.51. The van der Waals surface area contributed by atoms with Crippen molar-refractivity contribution < 1.29 is 0 Å². The number of rotatable bonds is 2. The monoisotopic (exact) mass is 216 g/mol. The van der Waals surface area contributed by atoms with Gasteiger partial charge in [-0.1, -0.05) is 5.21 Å². The highest BCUT2D eigenvalue weighted by atomic mass is 15.5. The molecule has 3 rings (SSSR count). The summed E-state index contributed by atoms with van der Waals surface area (Å²) in [4.78, 5) is 8.38. The van der Waals surface area contributed by atoms with Crippen LogP contribution >= 0.6 is 0 Å². The molecule has 0 saturated carbocycles. The van der Waals surface area contributed by atoms with Crippen LogP contribution in [0.15, 0.2) is 18.5 Å². The zero-order valence-corrected chi connectivity index (χ0v) is 8.96. The highest BCUT2D eigenvalue weighted by Gasteiger charge is 2.20. The third-order valence-corrected chi connectivity index (χ3v) is 2.68. The van der Waals surface area contributed by atoms with Gasteiger partial charge >= 0.3 is 0 Å². The van der Waals surface area contributed by atoms with E-state index in [9.17, 15) is 0 Å². The maximum atomic E-state index is 4.32. The van der Waals surface area contributed by atoms with E-state index in [1.54, 1.807) is 6.20 Å². The summed E-state index contributed by atoms with van der Waals surface area (Å²) in [5.74, 6) is 0.748. The summed E-state index contributed by atoms with van der Waals surface area (Å²) in [6.45, 7) is 3.79. The number of aryl methyl sites for hydroxylation is 1. The summed E-state index contributed by atoms with van der Waals surface area (Å²) in [6, 6.07) is 2.28. The molecule has 2 aromatic rings. The van der Waals surface area contributed by atoms with E-state index in [2.05, 4.69) is 25.6 Å².